The molecule has 2 aliphatic rings. The zero-order valence-corrected chi connectivity index (χ0v) is 13.7. The van der Waals surface area contributed by atoms with Gasteiger partial charge >= 0.3 is 0 Å². The molecule has 0 spiro atoms. The number of carbonyl (C=O) groups is 1. The Morgan fingerprint density at radius 1 is 1.26 bits per heavy atom. The topological polar surface area (TPSA) is 58.1 Å². The second kappa shape index (κ2) is 8.09. The highest BCUT2D eigenvalue weighted by molar-refractivity contribution is 5.79. The molecule has 1 aromatic rings. The van der Waals surface area contributed by atoms with Gasteiger partial charge in [0.25, 0.3) is 0 Å². The molecule has 0 bridgehead atoms. The molecule has 1 amide bonds. The van der Waals surface area contributed by atoms with Crippen LogP contribution >= 0.6 is 0 Å². The Balaban J connectivity index is 1.46. The quantitative estimate of drug-likeness (QED) is 0.849. The first-order valence-corrected chi connectivity index (χ1v) is 8.80. The second-order valence-corrected chi connectivity index (χ2v) is 6.48. The summed E-state index contributed by atoms with van der Waals surface area (Å²) < 4.78 is 0. The van der Waals surface area contributed by atoms with Crippen molar-refractivity contribution in [3.05, 3.63) is 30.1 Å². The number of allylic oxidation sites excluding steroid dienone is 1. The molecule has 3 rings (SSSR count). The summed E-state index contributed by atoms with van der Waals surface area (Å²) in [6, 6.07) is 1.82. The van der Waals surface area contributed by atoms with Crippen LogP contribution in [0.2, 0.25) is 0 Å². The number of rotatable bonds is 5. The number of carbonyl (C=O) groups excluding carboxylic acids is 1. The van der Waals surface area contributed by atoms with Gasteiger partial charge in [0.05, 0.1) is 5.92 Å². The molecule has 1 fully saturated rings. The van der Waals surface area contributed by atoms with Crippen molar-refractivity contribution in [1.82, 2.24) is 15.3 Å². The first-order chi connectivity index (χ1) is 11.3. The lowest BCUT2D eigenvalue weighted by atomic mass is 9.96. The Bertz CT molecular complexity index is 543. The largest absolute Gasteiger partial charge is 0.355 e. The zero-order valence-electron chi connectivity index (χ0n) is 13.7. The fourth-order valence-corrected chi connectivity index (χ4v) is 3.45. The molecular formula is C18H26N4O. The van der Waals surface area contributed by atoms with Crippen LogP contribution in [0.5, 0.6) is 0 Å². The number of hydrogen-bond acceptors (Lipinski definition) is 4. The van der Waals surface area contributed by atoms with Crippen molar-refractivity contribution in [2.75, 3.05) is 24.5 Å². The second-order valence-electron chi connectivity index (χ2n) is 6.48. The molecule has 0 aromatic carbocycles. The number of anilines is 1. The van der Waals surface area contributed by atoms with E-state index in [2.05, 4.69) is 26.3 Å². The van der Waals surface area contributed by atoms with Crippen molar-refractivity contribution in [3.8, 4) is 0 Å². The van der Waals surface area contributed by atoms with E-state index in [-0.39, 0.29) is 11.8 Å². The standard InChI is InChI=1S/C18H26N4O/c23-17(19-12-9-15-6-2-1-3-7-15)16-8-4-13-22(14-16)18-20-10-5-11-21-18/h5-6,10-11,16H,1-4,7-9,12-14H2,(H,19,23). The number of hydrogen-bond donors (Lipinski definition) is 1. The Labute approximate surface area is 138 Å². The summed E-state index contributed by atoms with van der Waals surface area (Å²) in [5.41, 5.74) is 1.51. The van der Waals surface area contributed by atoms with Crippen LogP contribution in [0.1, 0.15) is 44.9 Å². The molecule has 1 aliphatic heterocycles. The molecule has 1 aromatic heterocycles. The van der Waals surface area contributed by atoms with Crippen LogP contribution in [0.4, 0.5) is 5.95 Å². The number of piperidine rings is 1. The summed E-state index contributed by atoms with van der Waals surface area (Å²) in [5, 5.41) is 3.12. The van der Waals surface area contributed by atoms with Gasteiger partial charge in [-0.05, 0) is 51.0 Å². The minimum absolute atomic E-state index is 0.0490. The van der Waals surface area contributed by atoms with Crippen molar-refractivity contribution in [1.29, 1.82) is 0 Å². The van der Waals surface area contributed by atoms with Gasteiger partial charge in [0, 0.05) is 32.0 Å². The van der Waals surface area contributed by atoms with Gasteiger partial charge in [-0.1, -0.05) is 11.6 Å². The summed E-state index contributed by atoms with van der Waals surface area (Å²) in [6.45, 7) is 2.42. The highest BCUT2D eigenvalue weighted by atomic mass is 16.1. The average Bonchev–Trinajstić information content (AvgIpc) is 2.63. The van der Waals surface area contributed by atoms with Crippen molar-refractivity contribution in [2.45, 2.75) is 44.9 Å². The van der Waals surface area contributed by atoms with Crippen LogP contribution in [-0.4, -0.2) is 35.5 Å². The summed E-state index contributed by atoms with van der Waals surface area (Å²) in [6.07, 6.45) is 13.9. The van der Waals surface area contributed by atoms with Gasteiger partial charge in [-0.3, -0.25) is 4.79 Å². The van der Waals surface area contributed by atoms with Gasteiger partial charge in [0.15, 0.2) is 0 Å². The lowest BCUT2D eigenvalue weighted by Gasteiger charge is -2.32. The van der Waals surface area contributed by atoms with Crippen LogP contribution in [0, 0.1) is 5.92 Å². The maximum absolute atomic E-state index is 12.4. The molecule has 5 nitrogen and oxygen atoms in total. The molecule has 2 heterocycles. The van der Waals surface area contributed by atoms with Gasteiger partial charge < -0.3 is 10.2 Å². The van der Waals surface area contributed by atoms with Gasteiger partial charge in [0.1, 0.15) is 0 Å². The molecule has 124 valence electrons. The van der Waals surface area contributed by atoms with E-state index >= 15 is 0 Å². The van der Waals surface area contributed by atoms with Gasteiger partial charge in [0.2, 0.25) is 11.9 Å². The monoisotopic (exact) mass is 314 g/mol. The maximum atomic E-state index is 12.4. The average molecular weight is 314 g/mol. The molecule has 1 N–H and O–H groups in total. The van der Waals surface area contributed by atoms with E-state index in [4.69, 9.17) is 0 Å². The summed E-state index contributed by atoms with van der Waals surface area (Å²) in [5.74, 6) is 0.965. The number of amides is 1. The number of aromatic nitrogens is 2. The third-order valence-electron chi connectivity index (χ3n) is 4.76. The van der Waals surface area contributed by atoms with Crippen LogP contribution < -0.4 is 10.2 Å². The summed E-state index contributed by atoms with van der Waals surface area (Å²) >= 11 is 0. The molecule has 1 atom stereocenters. The molecule has 1 aliphatic carbocycles. The molecule has 1 saturated heterocycles. The predicted octanol–water partition coefficient (Wildman–Crippen LogP) is 2.70. The molecule has 23 heavy (non-hydrogen) atoms. The summed E-state index contributed by atoms with van der Waals surface area (Å²) in [4.78, 5) is 23.1. The van der Waals surface area contributed by atoms with Crippen LogP contribution in [0.3, 0.4) is 0 Å². The lowest BCUT2D eigenvalue weighted by Crippen LogP contribution is -2.43. The predicted molar refractivity (Wildman–Crippen MR) is 91.1 cm³/mol. The van der Waals surface area contributed by atoms with Crippen molar-refractivity contribution < 1.29 is 4.79 Å². The van der Waals surface area contributed by atoms with E-state index in [1.807, 2.05) is 6.07 Å². The Kier molecular flexibility index (Phi) is 5.61. The van der Waals surface area contributed by atoms with Crippen molar-refractivity contribution in [2.24, 2.45) is 5.92 Å². The first kappa shape index (κ1) is 16.0. The van der Waals surface area contributed by atoms with E-state index in [1.54, 1.807) is 12.4 Å². The van der Waals surface area contributed by atoms with Gasteiger partial charge in [-0.15, -0.1) is 0 Å². The van der Waals surface area contributed by atoms with Gasteiger partial charge in [-0.25, -0.2) is 9.97 Å². The third kappa shape index (κ3) is 4.53. The number of nitrogens with one attached hydrogen (secondary N) is 1. The molecule has 1 unspecified atom stereocenters. The molecule has 0 radical (unpaired) electrons. The molecular weight excluding hydrogens is 288 g/mol. The minimum atomic E-state index is 0.0490. The highest BCUT2D eigenvalue weighted by Crippen LogP contribution is 2.21. The van der Waals surface area contributed by atoms with E-state index in [0.29, 0.717) is 0 Å². The Hall–Kier alpha value is -1.91. The highest BCUT2D eigenvalue weighted by Gasteiger charge is 2.26. The normalized spacial score (nSPS) is 21.7. The molecule has 5 heteroatoms. The van der Waals surface area contributed by atoms with Crippen molar-refractivity contribution in [3.63, 3.8) is 0 Å². The fourth-order valence-electron chi connectivity index (χ4n) is 3.45. The summed E-state index contributed by atoms with van der Waals surface area (Å²) in [7, 11) is 0. The fraction of sp³-hybridized carbons (Fsp3) is 0.611. The van der Waals surface area contributed by atoms with Gasteiger partial charge in [-0.2, -0.15) is 0 Å². The van der Waals surface area contributed by atoms with Crippen LogP contribution in [0.25, 0.3) is 0 Å². The SMILES string of the molecule is O=C(NCCC1=CCCCC1)C1CCCN(c2ncccn2)C1. The maximum Gasteiger partial charge on any atom is 0.225 e. The van der Waals surface area contributed by atoms with E-state index in [0.717, 1.165) is 44.8 Å². The number of nitrogens with zero attached hydrogens (tertiary/aromatic N) is 3. The van der Waals surface area contributed by atoms with E-state index in [9.17, 15) is 4.79 Å². The van der Waals surface area contributed by atoms with E-state index in [1.165, 1.54) is 31.3 Å². The Morgan fingerprint density at radius 2 is 2.13 bits per heavy atom. The lowest BCUT2D eigenvalue weighted by molar-refractivity contribution is -0.125. The van der Waals surface area contributed by atoms with Crippen molar-refractivity contribution >= 4 is 11.9 Å². The first-order valence-electron chi connectivity index (χ1n) is 8.80. The molecule has 0 saturated carbocycles. The van der Waals surface area contributed by atoms with Crippen LogP contribution in [-0.2, 0) is 4.79 Å². The third-order valence-corrected chi connectivity index (χ3v) is 4.76. The van der Waals surface area contributed by atoms with Crippen LogP contribution in [0.15, 0.2) is 30.1 Å². The Morgan fingerprint density at radius 3 is 2.91 bits per heavy atom. The zero-order chi connectivity index (χ0) is 15.9. The minimum Gasteiger partial charge on any atom is -0.355 e. The van der Waals surface area contributed by atoms with E-state index < -0.39 is 0 Å². The smallest absolute Gasteiger partial charge is 0.225 e.